The summed E-state index contributed by atoms with van der Waals surface area (Å²) in [4.78, 5) is 17.1. The summed E-state index contributed by atoms with van der Waals surface area (Å²) >= 11 is 0. The molecule has 1 aromatic rings. The molecule has 1 saturated heterocycles. The molecule has 0 bridgehead atoms. The highest BCUT2D eigenvalue weighted by atomic mass is 35.5. The molecule has 0 radical (unpaired) electrons. The zero-order valence-corrected chi connectivity index (χ0v) is 18.8. The monoisotopic (exact) mass is 456 g/mol. The van der Waals surface area contributed by atoms with Crippen LogP contribution in [0.1, 0.15) is 37.8 Å². The Morgan fingerprint density at radius 2 is 1.82 bits per heavy atom. The summed E-state index contributed by atoms with van der Waals surface area (Å²) in [6.45, 7) is 5.70. The molecule has 1 amide bonds. The summed E-state index contributed by atoms with van der Waals surface area (Å²) in [5.41, 5.74) is 7.89. The lowest BCUT2D eigenvalue weighted by Gasteiger charge is -2.36. The molecule has 2 fully saturated rings. The van der Waals surface area contributed by atoms with Crippen LogP contribution in [-0.4, -0.2) is 50.1 Å². The molecule has 5 nitrogen and oxygen atoms in total. The number of amides is 1. The summed E-state index contributed by atoms with van der Waals surface area (Å²) in [7, 11) is 2.11. The molecule has 162 valence electrons. The molecule has 9 heteroatoms. The van der Waals surface area contributed by atoms with Crippen LogP contribution < -0.4 is 16.0 Å². The van der Waals surface area contributed by atoms with Gasteiger partial charge in [-0.3, -0.25) is 4.79 Å². The number of piperazine rings is 1. The molecular formula is C19H32Cl3FN4O. The number of hydrogen-bond donors (Lipinski definition) is 2. The minimum atomic E-state index is -0.272. The van der Waals surface area contributed by atoms with Crippen molar-refractivity contribution in [3.05, 3.63) is 29.6 Å². The van der Waals surface area contributed by atoms with Crippen molar-refractivity contribution in [3.8, 4) is 0 Å². The molecule has 3 rings (SSSR count). The van der Waals surface area contributed by atoms with Crippen LogP contribution in [0.2, 0.25) is 0 Å². The Balaban J connectivity index is 0.00000243. The number of halogens is 4. The minimum absolute atomic E-state index is 0. The number of carbonyl (C=O) groups excluding carboxylic acids is 1. The fourth-order valence-electron chi connectivity index (χ4n) is 3.92. The molecule has 28 heavy (non-hydrogen) atoms. The van der Waals surface area contributed by atoms with Gasteiger partial charge in [-0.25, -0.2) is 4.39 Å². The molecule has 1 aliphatic carbocycles. The van der Waals surface area contributed by atoms with Crippen LogP contribution in [-0.2, 0) is 4.79 Å². The Bertz CT molecular complexity index is 629. The first kappa shape index (κ1) is 27.2. The zero-order chi connectivity index (χ0) is 18.0. The van der Waals surface area contributed by atoms with Gasteiger partial charge in [0.15, 0.2) is 0 Å². The first-order valence-electron chi connectivity index (χ1n) is 9.24. The fourth-order valence-corrected chi connectivity index (χ4v) is 3.92. The number of nitrogens with two attached hydrogens (primary N) is 1. The highest BCUT2D eigenvalue weighted by molar-refractivity contribution is 5.86. The number of hydrogen-bond acceptors (Lipinski definition) is 4. The van der Waals surface area contributed by atoms with E-state index in [9.17, 15) is 9.18 Å². The SMILES string of the molecule is CC(NC(=O)C1CCCC1N)c1cc(F)ccc1N1CCN(C)CC1.Cl.Cl.Cl. The van der Waals surface area contributed by atoms with Crippen LogP contribution in [0.15, 0.2) is 18.2 Å². The van der Waals surface area contributed by atoms with E-state index in [1.165, 1.54) is 6.07 Å². The molecule has 1 aromatic carbocycles. The molecule has 1 heterocycles. The Labute approximate surface area is 185 Å². The Morgan fingerprint density at radius 3 is 2.39 bits per heavy atom. The van der Waals surface area contributed by atoms with E-state index in [1.54, 1.807) is 6.07 Å². The van der Waals surface area contributed by atoms with E-state index in [4.69, 9.17) is 5.73 Å². The van der Waals surface area contributed by atoms with Gasteiger partial charge in [0.1, 0.15) is 5.82 Å². The lowest BCUT2D eigenvalue weighted by atomic mass is 10.0. The van der Waals surface area contributed by atoms with Gasteiger partial charge in [0.05, 0.1) is 12.0 Å². The fraction of sp³-hybridized carbons (Fsp3) is 0.632. The maximum Gasteiger partial charge on any atom is 0.225 e. The summed E-state index contributed by atoms with van der Waals surface area (Å²) in [6, 6.07) is 4.58. The maximum atomic E-state index is 13.9. The largest absolute Gasteiger partial charge is 0.369 e. The number of benzene rings is 1. The first-order chi connectivity index (χ1) is 12.0. The molecule has 3 unspecified atom stereocenters. The van der Waals surface area contributed by atoms with E-state index in [1.807, 2.05) is 13.0 Å². The van der Waals surface area contributed by atoms with Gasteiger partial charge >= 0.3 is 0 Å². The standard InChI is InChI=1S/C19H29FN4O.3ClH/c1-13(22-19(25)15-4-3-5-17(15)21)16-12-14(20)6-7-18(16)24-10-8-23(2)9-11-24;;;/h6-7,12-13,15,17H,3-5,8-11,21H2,1-2H3,(H,22,25);3*1H. The van der Waals surface area contributed by atoms with E-state index in [-0.39, 0.29) is 66.9 Å². The molecule has 3 N–H and O–H groups in total. The predicted octanol–water partition coefficient (Wildman–Crippen LogP) is 3.15. The second kappa shape index (κ2) is 12.0. The number of rotatable bonds is 4. The van der Waals surface area contributed by atoms with Crippen molar-refractivity contribution in [3.63, 3.8) is 0 Å². The van der Waals surface area contributed by atoms with Gasteiger partial charge < -0.3 is 20.9 Å². The number of nitrogens with zero attached hydrogens (tertiary/aromatic N) is 2. The molecule has 0 spiro atoms. The van der Waals surface area contributed by atoms with Gasteiger partial charge in [0.25, 0.3) is 0 Å². The smallest absolute Gasteiger partial charge is 0.225 e. The number of anilines is 1. The molecular weight excluding hydrogens is 426 g/mol. The number of carbonyl (C=O) groups is 1. The van der Waals surface area contributed by atoms with Crippen LogP contribution in [0.25, 0.3) is 0 Å². The molecule has 1 aliphatic heterocycles. The van der Waals surface area contributed by atoms with Crippen molar-refractivity contribution in [2.75, 3.05) is 38.1 Å². The van der Waals surface area contributed by atoms with Crippen LogP contribution >= 0.6 is 37.2 Å². The average molecular weight is 458 g/mol. The third kappa shape index (κ3) is 6.36. The normalized spacial score (nSPS) is 23.1. The van der Waals surface area contributed by atoms with Gasteiger partial charge in [0, 0.05) is 43.5 Å². The summed E-state index contributed by atoms with van der Waals surface area (Å²) in [5, 5.41) is 3.06. The third-order valence-corrected chi connectivity index (χ3v) is 5.56. The van der Waals surface area contributed by atoms with Crippen LogP contribution in [0.4, 0.5) is 10.1 Å². The summed E-state index contributed by atoms with van der Waals surface area (Å²) in [6.07, 6.45) is 2.74. The van der Waals surface area contributed by atoms with Gasteiger partial charge in [-0.1, -0.05) is 6.42 Å². The maximum absolute atomic E-state index is 13.9. The Morgan fingerprint density at radius 1 is 1.18 bits per heavy atom. The zero-order valence-electron chi connectivity index (χ0n) is 16.4. The number of likely N-dealkylation sites (N-methyl/N-ethyl adjacent to an activating group) is 1. The molecule has 1 saturated carbocycles. The Hall–Kier alpha value is -0.790. The lowest BCUT2D eigenvalue weighted by molar-refractivity contribution is -0.125. The van der Waals surface area contributed by atoms with Crippen molar-refractivity contribution in [2.45, 2.75) is 38.3 Å². The first-order valence-corrected chi connectivity index (χ1v) is 9.24. The van der Waals surface area contributed by atoms with Crippen LogP contribution in [0, 0.1) is 11.7 Å². The molecule has 3 atom stereocenters. The van der Waals surface area contributed by atoms with Crippen molar-refractivity contribution in [1.29, 1.82) is 0 Å². The van der Waals surface area contributed by atoms with Crippen molar-refractivity contribution < 1.29 is 9.18 Å². The summed E-state index contributed by atoms with van der Waals surface area (Å²) in [5.74, 6) is -0.402. The lowest BCUT2D eigenvalue weighted by Crippen LogP contribution is -2.45. The van der Waals surface area contributed by atoms with Crippen molar-refractivity contribution in [1.82, 2.24) is 10.2 Å². The predicted molar refractivity (Wildman–Crippen MR) is 120 cm³/mol. The number of nitrogens with one attached hydrogen (secondary N) is 1. The molecule has 0 aromatic heterocycles. The van der Waals surface area contributed by atoms with E-state index in [0.29, 0.717) is 0 Å². The van der Waals surface area contributed by atoms with E-state index >= 15 is 0 Å². The minimum Gasteiger partial charge on any atom is -0.369 e. The van der Waals surface area contributed by atoms with Crippen molar-refractivity contribution in [2.24, 2.45) is 11.7 Å². The second-order valence-electron chi connectivity index (χ2n) is 7.42. The highest BCUT2D eigenvalue weighted by Crippen LogP contribution is 2.30. The van der Waals surface area contributed by atoms with Crippen LogP contribution in [0.5, 0.6) is 0 Å². The summed E-state index contributed by atoms with van der Waals surface area (Å²) < 4.78 is 13.9. The van der Waals surface area contributed by atoms with Crippen molar-refractivity contribution >= 4 is 48.8 Å². The average Bonchev–Trinajstić information content (AvgIpc) is 3.02. The third-order valence-electron chi connectivity index (χ3n) is 5.56. The van der Waals surface area contributed by atoms with E-state index in [2.05, 4.69) is 22.2 Å². The molecule has 2 aliphatic rings. The topological polar surface area (TPSA) is 61.6 Å². The van der Waals surface area contributed by atoms with Gasteiger partial charge in [0.2, 0.25) is 5.91 Å². The Kier molecular flexibility index (Phi) is 11.7. The highest BCUT2D eigenvalue weighted by Gasteiger charge is 2.31. The van der Waals surface area contributed by atoms with Gasteiger partial charge in [-0.2, -0.15) is 0 Å². The van der Waals surface area contributed by atoms with Gasteiger partial charge in [-0.05, 0) is 45.0 Å². The quantitative estimate of drug-likeness (QED) is 0.729. The van der Waals surface area contributed by atoms with Crippen LogP contribution in [0.3, 0.4) is 0 Å². The van der Waals surface area contributed by atoms with Gasteiger partial charge in [-0.15, -0.1) is 37.2 Å². The van der Waals surface area contributed by atoms with E-state index in [0.717, 1.165) is 56.7 Å². The van der Waals surface area contributed by atoms with E-state index < -0.39 is 0 Å². The second-order valence-corrected chi connectivity index (χ2v) is 7.42.